The van der Waals surface area contributed by atoms with Crippen LogP contribution in [0, 0.1) is 0 Å². The third-order valence-electron chi connectivity index (χ3n) is 5.56. The summed E-state index contributed by atoms with van der Waals surface area (Å²) in [5, 5.41) is 2.94. The normalized spacial score (nSPS) is 32.9. The zero-order valence-corrected chi connectivity index (χ0v) is 18.9. The molecule has 3 saturated heterocycles. The molecule has 3 fully saturated rings. The van der Waals surface area contributed by atoms with Gasteiger partial charge in [0.15, 0.2) is 24.0 Å². The van der Waals surface area contributed by atoms with E-state index in [1.54, 1.807) is 0 Å². The molecule has 8 heteroatoms. The minimum Gasteiger partial charge on any atom is -0.491 e. The summed E-state index contributed by atoms with van der Waals surface area (Å²) in [5.41, 5.74) is 0.591. The smallest absolute Gasteiger partial charge is 0.256 e. The van der Waals surface area contributed by atoms with E-state index in [1.807, 2.05) is 52.0 Å². The maximum atomic E-state index is 13.3. The summed E-state index contributed by atoms with van der Waals surface area (Å²) < 4.78 is 35.9. The lowest BCUT2D eigenvalue weighted by Gasteiger charge is -2.36. The number of amides is 1. The Balaban J connectivity index is 1.50. The van der Waals surface area contributed by atoms with Crippen LogP contribution in [0.3, 0.4) is 0 Å². The highest BCUT2D eigenvalue weighted by Gasteiger charge is 2.62. The highest BCUT2D eigenvalue weighted by atomic mass is 16.9. The Morgan fingerprint density at radius 1 is 0.968 bits per heavy atom. The quantitative estimate of drug-likeness (QED) is 0.655. The largest absolute Gasteiger partial charge is 0.491 e. The molecule has 0 unspecified atom stereocenters. The lowest BCUT2D eigenvalue weighted by Crippen LogP contribution is -2.58. The van der Waals surface area contributed by atoms with E-state index in [1.165, 1.54) is 0 Å². The molecule has 3 aliphatic rings. The summed E-state index contributed by atoms with van der Waals surface area (Å²) in [5.74, 6) is -1.40. The Morgan fingerprint density at radius 2 is 1.65 bits per heavy atom. The first-order valence-corrected chi connectivity index (χ1v) is 11.1. The van der Waals surface area contributed by atoms with Crippen molar-refractivity contribution in [1.29, 1.82) is 0 Å². The molecule has 1 aromatic carbocycles. The predicted molar refractivity (Wildman–Crippen MR) is 113 cm³/mol. The molecule has 31 heavy (non-hydrogen) atoms. The second kappa shape index (κ2) is 8.67. The fourth-order valence-electron chi connectivity index (χ4n) is 4.26. The Kier molecular flexibility index (Phi) is 6.29. The van der Waals surface area contributed by atoms with Crippen LogP contribution in [0.25, 0.3) is 0 Å². The van der Waals surface area contributed by atoms with Crippen LogP contribution >= 0.6 is 0 Å². The Labute approximate surface area is 183 Å². The van der Waals surface area contributed by atoms with Gasteiger partial charge in [-0.1, -0.05) is 31.9 Å². The summed E-state index contributed by atoms with van der Waals surface area (Å²) in [7, 11) is 0. The monoisotopic (exact) mass is 435 g/mol. The van der Waals surface area contributed by atoms with Gasteiger partial charge in [0.2, 0.25) is 0 Å². The minimum absolute atomic E-state index is 0.340. The number of para-hydroxylation sites is 2. The molecular formula is C23H33NO7. The minimum atomic E-state index is -0.918. The van der Waals surface area contributed by atoms with Crippen molar-refractivity contribution in [2.45, 2.75) is 96.2 Å². The summed E-state index contributed by atoms with van der Waals surface area (Å²) in [6.07, 6.45) is -0.0272. The van der Waals surface area contributed by atoms with Gasteiger partial charge in [-0.25, -0.2) is 0 Å². The standard InChI is InChI=1S/C23H33NO7/c1-6-7-10-13-26-15-12-9-8-11-14(15)24-20(25)18-16-17(29-22(2,3)28-16)19-21(27-18)31-23(4,5)30-19/h8-9,11-12,16-19,21H,6-7,10,13H2,1-5H3,(H,24,25)/t16-,17+,18+,19+,21+/m0/s1. The molecule has 0 bridgehead atoms. The Bertz CT molecular complexity index is 796. The van der Waals surface area contributed by atoms with Gasteiger partial charge in [-0.15, -0.1) is 0 Å². The van der Waals surface area contributed by atoms with Crippen LogP contribution in [-0.4, -0.2) is 54.8 Å². The van der Waals surface area contributed by atoms with E-state index < -0.39 is 42.3 Å². The molecule has 172 valence electrons. The lowest BCUT2D eigenvalue weighted by atomic mass is 9.98. The van der Waals surface area contributed by atoms with Gasteiger partial charge in [0.1, 0.15) is 24.1 Å². The van der Waals surface area contributed by atoms with Gasteiger partial charge in [-0.2, -0.15) is 0 Å². The van der Waals surface area contributed by atoms with Gasteiger partial charge in [-0.3, -0.25) is 4.79 Å². The van der Waals surface area contributed by atoms with E-state index in [9.17, 15) is 4.79 Å². The van der Waals surface area contributed by atoms with E-state index in [2.05, 4.69) is 12.2 Å². The van der Waals surface area contributed by atoms with Gasteiger partial charge in [0, 0.05) is 0 Å². The molecule has 1 amide bonds. The number of anilines is 1. The van der Waals surface area contributed by atoms with E-state index in [-0.39, 0.29) is 5.91 Å². The Hall–Kier alpha value is -1.71. The number of carbonyl (C=O) groups is 1. The van der Waals surface area contributed by atoms with Crippen molar-refractivity contribution in [3.05, 3.63) is 24.3 Å². The highest BCUT2D eigenvalue weighted by Crippen LogP contribution is 2.44. The fraction of sp³-hybridized carbons (Fsp3) is 0.696. The number of hydrogen-bond acceptors (Lipinski definition) is 7. The van der Waals surface area contributed by atoms with E-state index in [0.717, 1.165) is 19.3 Å². The SMILES string of the molecule is CCCCCOc1ccccc1NC(=O)[C@@H]1O[C@@H]2OC(C)(C)O[C@@H]2[C@@H]2OC(C)(C)O[C@@H]21. The summed E-state index contributed by atoms with van der Waals surface area (Å²) in [6.45, 7) is 10.00. The number of benzene rings is 1. The number of ether oxygens (including phenoxy) is 6. The molecule has 0 radical (unpaired) electrons. The van der Waals surface area contributed by atoms with Gasteiger partial charge >= 0.3 is 0 Å². The molecule has 5 atom stereocenters. The molecule has 4 rings (SSSR count). The third-order valence-corrected chi connectivity index (χ3v) is 5.56. The number of unbranched alkanes of at least 4 members (excludes halogenated alkanes) is 2. The van der Waals surface area contributed by atoms with Crippen LogP contribution < -0.4 is 10.1 Å². The molecule has 1 aromatic rings. The second-order valence-electron chi connectivity index (χ2n) is 9.13. The second-order valence-corrected chi connectivity index (χ2v) is 9.13. The topological polar surface area (TPSA) is 84.5 Å². The molecule has 8 nitrogen and oxygen atoms in total. The van der Waals surface area contributed by atoms with Gasteiger partial charge in [0.05, 0.1) is 12.3 Å². The van der Waals surface area contributed by atoms with Crippen LogP contribution in [-0.2, 0) is 28.5 Å². The van der Waals surface area contributed by atoms with Gasteiger partial charge in [-0.05, 0) is 46.2 Å². The van der Waals surface area contributed by atoms with Gasteiger partial charge < -0.3 is 33.7 Å². The molecule has 3 aliphatic heterocycles. The van der Waals surface area contributed by atoms with E-state index >= 15 is 0 Å². The zero-order chi connectivity index (χ0) is 22.2. The van der Waals surface area contributed by atoms with Crippen molar-refractivity contribution in [2.75, 3.05) is 11.9 Å². The summed E-state index contributed by atoms with van der Waals surface area (Å²) >= 11 is 0. The molecule has 0 aromatic heterocycles. The highest BCUT2D eigenvalue weighted by molar-refractivity contribution is 5.96. The number of fused-ring (bicyclic) bond motifs is 3. The van der Waals surface area contributed by atoms with Crippen molar-refractivity contribution < 1.29 is 33.2 Å². The van der Waals surface area contributed by atoms with Crippen molar-refractivity contribution in [2.24, 2.45) is 0 Å². The van der Waals surface area contributed by atoms with Crippen molar-refractivity contribution in [1.82, 2.24) is 0 Å². The number of rotatable bonds is 7. The Morgan fingerprint density at radius 3 is 2.42 bits per heavy atom. The maximum Gasteiger partial charge on any atom is 0.256 e. The van der Waals surface area contributed by atoms with Crippen LogP contribution in [0.2, 0.25) is 0 Å². The zero-order valence-electron chi connectivity index (χ0n) is 18.9. The van der Waals surface area contributed by atoms with Crippen molar-refractivity contribution in [3.63, 3.8) is 0 Å². The fourth-order valence-corrected chi connectivity index (χ4v) is 4.26. The van der Waals surface area contributed by atoms with Gasteiger partial charge in [0.25, 0.3) is 5.91 Å². The molecule has 3 heterocycles. The summed E-state index contributed by atoms with van der Waals surface area (Å²) in [4.78, 5) is 13.3. The number of carbonyl (C=O) groups excluding carboxylic acids is 1. The first-order chi connectivity index (χ1) is 14.7. The average Bonchev–Trinajstić information content (AvgIpc) is 3.19. The molecular weight excluding hydrogens is 402 g/mol. The first kappa shape index (κ1) is 22.5. The predicted octanol–water partition coefficient (Wildman–Crippen LogP) is 3.59. The van der Waals surface area contributed by atoms with Crippen molar-refractivity contribution in [3.8, 4) is 5.75 Å². The number of hydrogen-bond donors (Lipinski definition) is 1. The van der Waals surface area contributed by atoms with Crippen molar-refractivity contribution >= 4 is 11.6 Å². The van der Waals surface area contributed by atoms with Crippen LogP contribution in [0.5, 0.6) is 5.75 Å². The maximum absolute atomic E-state index is 13.3. The first-order valence-electron chi connectivity index (χ1n) is 11.1. The lowest BCUT2D eigenvalue weighted by molar-refractivity contribution is -0.229. The molecule has 0 aliphatic carbocycles. The van der Waals surface area contributed by atoms with E-state index in [0.29, 0.717) is 18.0 Å². The van der Waals surface area contributed by atoms with Crippen LogP contribution in [0.1, 0.15) is 53.9 Å². The molecule has 0 spiro atoms. The van der Waals surface area contributed by atoms with Crippen LogP contribution in [0.15, 0.2) is 24.3 Å². The molecule has 0 saturated carbocycles. The summed E-state index contributed by atoms with van der Waals surface area (Å²) in [6, 6.07) is 7.38. The van der Waals surface area contributed by atoms with Crippen LogP contribution in [0.4, 0.5) is 5.69 Å². The van der Waals surface area contributed by atoms with E-state index in [4.69, 9.17) is 28.4 Å². The third kappa shape index (κ3) is 4.88. The number of nitrogens with one attached hydrogen (secondary N) is 1. The molecule has 1 N–H and O–H groups in total. The average molecular weight is 436 g/mol.